The Morgan fingerprint density at radius 2 is 1.72 bits per heavy atom. The summed E-state index contributed by atoms with van der Waals surface area (Å²) in [5, 5.41) is 5.76. The summed E-state index contributed by atoms with van der Waals surface area (Å²) < 4.78 is 5.61. The number of benzene rings is 2. The van der Waals surface area contributed by atoms with Crippen LogP contribution in [-0.4, -0.2) is 47.3 Å². The highest BCUT2D eigenvalue weighted by Crippen LogP contribution is 2.21. The number of carbonyl (C=O) groups excluding carboxylic acids is 3. The van der Waals surface area contributed by atoms with Crippen molar-refractivity contribution >= 4 is 23.4 Å². The van der Waals surface area contributed by atoms with Crippen molar-refractivity contribution in [3.63, 3.8) is 0 Å². The Bertz CT molecular complexity index is 1160. The van der Waals surface area contributed by atoms with Gasteiger partial charge in [0.1, 0.15) is 5.75 Å². The molecule has 0 aliphatic carbocycles. The molecule has 0 saturated carbocycles. The molecule has 8 heteroatoms. The molecular weight excluding hydrogens is 456 g/mol. The predicted octanol–water partition coefficient (Wildman–Crippen LogP) is 3.66. The van der Waals surface area contributed by atoms with Gasteiger partial charge in [0, 0.05) is 36.5 Å². The fourth-order valence-corrected chi connectivity index (χ4v) is 4.08. The van der Waals surface area contributed by atoms with Crippen LogP contribution in [0.25, 0.3) is 0 Å². The molecule has 2 N–H and O–H groups in total. The van der Waals surface area contributed by atoms with Gasteiger partial charge in [0.2, 0.25) is 11.8 Å². The summed E-state index contributed by atoms with van der Waals surface area (Å²) in [5.74, 6) is 0.265. The van der Waals surface area contributed by atoms with E-state index in [9.17, 15) is 14.4 Å². The molecular formula is C28H30N4O4. The number of hydrogen-bond donors (Lipinski definition) is 2. The fraction of sp³-hybridized carbons (Fsp3) is 0.286. The maximum Gasteiger partial charge on any atom is 0.251 e. The van der Waals surface area contributed by atoms with Crippen LogP contribution in [0.1, 0.15) is 35.3 Å². The number of nitrogens with zero attached hydrogens (tertiary/aromatic N) is 2. The first-order chi connectivity index (χ1) is 17.6. The van der Waals surface area contributed by atoms with E-state index >= 15 is 0 Å². The molecule has 1 saturated heterocycles. The van der Waals surface area contributed by atoms with Crippen LogP contribution in [0.15, 0.2) is 79.0 Å². The van der Waals surface area contributed by atoms with Crippen molar-refractivity contribution in [2.45, 2.75) is 25.8 Å². The van der Waals surface area contributed by atoms with Crippen LogP contribution in [-0.2, 0) is 16.1 Å². The SMILES string of the molecule is O=C(NCc1ccccn1)c1cccc(NC(=O)C2CCN(C(=O)CCOc3ccccc3)CC2)c1. The average molecular weight is 487 g/mol. The van der Waals surface area contributed by atoms with Crippen molar-refractivity contribution < 1.29 is 19.1 Å². The number of nitrogens with one attached hydrogen (secondary N) is 2. The van der Waals surface area contributed by atoms with Crippen LogP contribution >= 0.6 is 0 Å². The topological polar surface area (TPSA) is 101 Å². The maximum atomic E-state index is 12.8. The minimum absolute atomic E-state index is 0.0363. The molecule has 2 heterocycles. The number of anilines is 1. The molecule has 186 valence electrons. The van der Waals surface area contributed by atoms with Gasteiger partial charge in [-0.05, 0) is 55.3 Å². The van der Waals surface area contributed by atoms with Crippen LogP contribution in [0.2, 0.25) is 0 Å². The Labute approximate surface area is 210 Å². The van der Waals surface area contributed by atoms with Crippen molar-refractivity contribution in [1.82, 2.24) is 15.2 Å². The first-order valence-corrected chi connectivity index (χ1v) is 12.1. The van der Waals surface area contributed by atoms with Crippen molar-refractivity contribution in [3.8, 4) is 5.75 Å². The smallest absolute Gasteiger partial charge is 0.251 e. The highest BCUT2D eigenvalue weighted by atomic mass is 16.5. The number of rotatable bonds is 9. The van der Waals surface area contributed by atoms with Gasteiger partial charge in [-0.25, -0.2) is 0 Å². The molecule has 0 unspecified atom stereocenters. The van der Waals surface area contributed by atoms with Crippen molar-refractivity contribution in [3.05, 3.63) is 90.3 Å². The summed E-state index contributed by atoms with van der Waals surface area (Å²) in [4.78, 5) is 43.8. The average Bonchev–Trinajstić information content (AvgIpc) is 2.93. The summed E-state index contributed by atoms with van der Waals surface area (Å²) in [6.07, 6.45) is 3.18. The molecule has 1 aliphatic heterocycles. The molecule has 3 aromatic rings. The monoisotopic (exact) mass is 486 g/mol. The van der Waals surface area contributed by atoms with Crippen LogP contribution in [0.3, 0.4) is 0 Å². The molecule has 1 aliphatic rings. The number of likely N-dealkylation sites (tertiary alicyclic amines) is 1. The van der Waals surface area contributed by atoms with Gasteiger partial charge in [-0.1, -0.05) is 30.3 Å². The minimum Gasteiger partial charge on any atom is -0.493 e. The molecule has 2 aromatic carbocycles. The standard InChI is InChI=1S/C28H30N4O4/c33-26(14-18-36-25-10-2-1-3-11-25)32-16-12-21(13-17-32)28(35)31-23-9-6-7-22(19-23)27(34)30-20-24-8-4-5-15-29-24/h1-11,15,19,21H,12-14,16-18,20H2,(H,30,34)(H,31,35). The summed E-state index contributed by atoms with van der Waals surface area (Å²) in [5.41, 5.74) is 1.80. The lowest BCUT2D eigenvalue weighted by Gasteiger charge is -2.31. The molecule has 1 fully saturated rings. The number of ether oxygens (including phenoxy) is 1. The lowest BCUT2D eigenvalue weighted by Crippen LogP contribution is -2.41. The van der Waals surface area contributed by atoms with Gasteiger partial charge in [0.05, 0.1) is 25.3 Å². The quantitative estimate of drug-likeness (QED) is 0.481. The molecule has 0 spiro atoms. The lowest BCUT2D eigenvalue weighted by molar-refractivity contribution is -0.135. The number of piperidine rings is 1. The Morgan fingerprint density at radius 3 is 2.47 bits per heavy atom. The van der Waals surface area contributed by atoms with Gasteiger partial charge < -0.3 is 20.3 Å². The number of carbonyl (C=O) groups is 3. The van der Waals surface area contributed by atoms with E-state index in [1.54, 1.807) is 35.4 Å². The van der Waals surface area contributed by atoms with Gasteiger partial charge in [-0.15, -0.1) is 0 Å². The van der Waals surface area contributed by atoms with E-state index in [1.165, 1.54) is 0 Å². The second-order valence-corrected chi connectivity index (χ2v) is 8.64. The third-order valence-corrected chi connectivity index (χ3v) is 6.09. The van der Waals surface area contributed by atoms with Crippen LogP contribution in [0.4, 0.5) is 5.69 Å². The van der Waals surface area contributed by atoms with E-state index in [1.807, 2.05) is 48.5 Å². The van der Waals surface area contributed by atoms with E-state index in [0.717, 1.165) is 11.4 Å². The third kappa shape index (κ3) is 7.15. The Balaban J connectivity index is 1.20. The largest absolute Gasteiger partial charge is 0.493 e. The molecule has 0 bridgehead atoms. The second kappa shape index (κ2) is 12.5. The second-order valence-electron chi connectivity index (χ2n) is 8.64. The maximum absolute atomic E-state index is 12.8. The van der Waals surface area contributed by atoms with Crippen LogP contribution < -0.4 is 15.4 Å². The molecule has 36 heavy (non-hydrogen) atoms. The molecule has 3 amide bonds. The van der Waals surface area contributed by atoms with Gasteiger partial charge in [-0.2, -0.15) is 0 Å². The van der Waals surface area contributed by atoms with E-state index in [0.29, 0.717) is 56.8 Å². The predicted molar refractivity (Wildman–Crippen MR) is 136 cm³/mol. The van der Waals surface area contributed by atoms with E-state index in [2.05, 4.69) is 15.6 Å². The van der Waals surface area contributed by atoms with E-state index < -0.39 is 0 Å². The summed E-state index contributed by atoms with van der Waals surface area (Å²) in [7, 11) is 0. The van der Waals surface area contributed by atoms with Crippen LogP contribution in [0, 0.1) is 5.92 Å². The zero-order valence-corrected chi connectivity index (χ0v) is 20.1. The van der Waals surface area contributed by atoms with E-state index in [-0.39, 0.29) is 23.6 Å². The molecule has 4 rings (SSSR count). The highest BCUT2D eigenvalue weighted by molar-refractivity contribution is 5.97. The molecule has 8 nitrogen and oxygen atoms in total. The van der Waals surface area contributed by atoms with E-state index in [4.69, 9.17) is 4.74 Å². The Hall–Kier alpha value is -4.20. The fourth-order valence-electron chi connectivity index (χ4n) is 4.08. The van der Waals surface area contributed by atoms with Crippen molar-refractivity contribution in [2.24, 2.45) is 5.92 Å². The van der Waals surface area contributed by atoms with Gasteiger partial charge in [0.25, 0.3) is 5.91 Å². The summed E-state index contributed by atoms with van der Waals surface area (Å²) >= 11 is 0. The van der Waals surface area contributed by atoms with Crippen LogP contribution in [0.5, 0.6) is 5.75 Å². The number of aromatic nitrogens is 1. The molecule has 1 aromatic heterocycles. The zero-order valence-electron chi connectivity index (χ0n) is 20.1. The molecule has 0 atom stereocenters. The Kier molecular flexibility index (Phi) is 8.64. The number of hydrogen-bond acceptors (Lipinski definition) is 5. The Morgan fingerprint density at radius 1 is 0.944 bits per heavy atom. The zero-order chi connectivity index (χ0) is 25.2. The minimum atomic E-state index is -0.236. The number of para-hydroxylation sites is 1. The van der Waals surface area contributed by atoms with Crippen molar-refractivity contribution in [1.29, 1.82) is 0 Å². The first kappa shape index (κ1) is 24.9. The first-order valence-electron chi connectivity index (χ1n) is 12.1. The highest BCUT2D eigenvalue weighted by Gasteiger charge is 2.27. The summed E-state index contributed by atoms with van der Waals surface area (Å²) in [6, 6.07) is 21.8. The number of amides is 3. The van der Waals surface area contributed by atoms with Gasteiger partial charge >= 0.3 is 0 Å². The molecule has 0 radical (unpaired) electrons. The van der Waals surface area contributed by atoms with Gasteiger partial charge in [-0.3, -0.25) is 19.4 Å². The van der Waals surface area contributed by atoms with Crippen molar-refractivity contribution in [2.75, 3.05) is 25.0 Å². The third-order valence-electron chi connectivity index (χ3n) is 6.09. The van der Waals surface area contributed by atoms with Gasteiger partial charge in [0.15, 0.2) is 0 Å². The lowest BCUT2D eigenvalue weighted by atomic mass is 9.95. The number of pyridine rings is 1. The normalized spacial score (nSPS) is 13.6. The summed E-state index contributed by atoms with van der Waals surface area (Å²) in [6.45, 7) is 1.73.